The molecule has 28 heavy (non-hydrogen) atoms. The highest BCUT2D eigenvalue weighted by molar-refractivity contribution is 7.89. The number of benzene rings is 1. The van der Waals surface area contributed by atoms with E-state index in [1.165, 1.54) is 24.0 Å². The molecular weight excluding hydrogens is 392 g/mol. The minimum absolute atomic E-state index is 0.0576. The number of amides is 1. The molecule has 1 aromatic heterocycles. The molecule has 0 bridgehead atoms. The first-order valence-corrected chi connectivity index (χ1v) is 12.6. The van der Waals surface area contributed by atoms with Crippen LogP contribution in [-0.2, 0) is 15.6 Å². The van der Waals surface area contributed by atoms with Gasteiger partial charge in [-0.15, -0.1) is 11.3 Å². The molecule has 1 aromatic carbocycles. The maximum absolute atomic E-state index is 12.7. The number of hydrogen-bond donors (Lipinski definition) is 1. The number of thiophene rings is 1. The van der Waals surface area contributed by atoms with E-state index in [1.807, 2.05) is 0 Å². The smallest absolute Gasteiger partial charge is 0.251 e. The lowest BCUT2D eigenvalue weighted by Crippen LogP contribution is -2.41. The predicted molar refractivity (Wildman–Crippen MR) is 114 cm³/mol. The van der Waals surface area contributed by atoms with Crippen LogP contribution in [0.3, 0.4) is 0 Å². The predicted octanol–water partition coefficient (Wildman–Crippen LogP) is 3.50. The topological polar surface area (TPSA) is 66.5 Å². The lowest BCUT2D eigenvalue weighted by Gasteiger charge is -2.36. The number of hydrogen-bond acceptors (Lipinski definition) is 5. The summed E-state index contributed by atoms with van der Waals surface area (Å²) in [7, 11) is -3.13. The lowest BCUT2D eigenvalue weighted by molar-refractivity contribution is 0.0915. The molecule has 152 valence electrons. The highest BCUT2D eigenvalue weighted by atomic mass is 32.2. The van der Waals surface area contributed by atoms with Gasteiger partial charge in [-0.25, -0.2) is 8.42 Å². The average molecular weight is 421 g/mol. The quantitative estimate of drug-likeness (QED) is 0.745. The van der Waals surface area contributed by atoms with Crippen molar-refractivity contribution in [2.24, 2.45) is 5.92 Å². The van der Waals surface area contributed by atoms with Gasteiger partial charge < -0.3 is 5.32 Å². The van der Waals surface area contributed by atoms with Crippen molar-refractivity contribution in [2.75, 3.05) is 25.9 Å². The largest absolute Gasteiger partial charge is 0.350 e. The zero-order valence-corrected chi connectivity index (χ0v) is 18.1. The fraction of sp³-hybridized carbons (Fsp3) is 0.476. The Morgan fingerprint density at radius 1 is 1.25 bits per heavy atom. The van der Waals surface area contributed by atoms with E-state index in [4.69, 9.17) is 0 Å². The van der Waals surface area contributed by atoms with E-state index in [0.717, 1.165) is 19.0 Å². The number of likely N-dealkylation sites (tertiary alicyclic amines) is 1. The Kier molecular flexibility index (Phi) is 6.91. The van der Waals surface area contributed by atoms with Crippen molar-refractivity contribution in [1.82, 2.24) is 10.2 Å². The summed E-state index contributed by atoms with van der Waals surface area (Å²) in [5.74, 6) is 0.535. The fourth-order valence-corrected chi connectivity index (χ4v) is 5.27. The van der Waals surface area contributed by atoms with Crippen molar-refractivity contribution in [2.45, 2.75) is 31.6 Å². The number of piperidine rings is 1. The Hall–Kier alpha value is -1.70. The third kappa shape index (κ3) is 5.90. The standard InChI is InChI=1S/C21H28N2O3S2/c1-16-8-10-23(11-9-16)19(20-7-4-12-27-20)14-22-21(24)18-6-3-5-17(13-18)15-28(2,25)26/h3-7,12-13,16,19H,8-11,14-15H2,1-2H3,(H,22,24). The van der Waals surface area contributed by atoms with Crippen molar-refractivity contribution in [1.29, 1.82) is 0 Å². The van der Waals surface area contributed by atoms with Crippen LogP contribution in [0.2, 0.25) is 0 Å². The average Bonchev–Trinajstić information content (AvgIpc) is 3.16. The molecule has 2 heterocycles. The summed E-state index contributed by atoms with van der Waals surface area (Å²) in [6.07, 6.45) is 3.57. The summed E-state index contributed by atoms with van der Waals surface area (Å²) in [6.45, 7) is 4.93. The molecule has 1 N–H and O–H groups in total. The molecule has 0 spiro atoms. The van der Waals surface area contributed by atoms with Crippen LogP contribution in [0.25, 0.3) is 0 Å². The number of sulfone groups is 1. The summed E-state index contributed by atoms with van der Waals surface area (Å²) in [5, 5.41) is 5.14. The van der Waals surface area contributed by atoms with Crippen LogP contribution in [0.4, 0.5) is 0 Å². The molecule has 1 saturated heterocycles. The van der Waals surface area contributed by atoms with E-state index in [2.05, 4.69) is 34.7 Å². The third-order valence-corrected chi connectivity index (χ3v) is 7.04. The molecule has 0 saturated carbocycles. The third-order valence-electron chi connectivity index (χ3n) is 5.20. The Morgan fingerprint density at radius 2 is 2.00 bits per heavy atom. The van der Waals surface area contributed by atoms with Crippen LogP contribution < -0.4 is 5.32 Å². The van der Waals surface area contributed by atoms with Gasteiger partial charge in [0.2, 0.25) is 0 Å². The summed E-state index contributed by atoms with van der Waals surface area (Å²) in [6, 6.07) is 11.2. The van der Waals surface area contributed by atoms with Crippen LogP contribution in [-0.4, -0.2) is 45.1 Å². The zero-order chi connectivity index (χ0) is 20.1. The van der Waals surface area contributed by atoms with Crippen molar-refractivity contribution in [3.8, 4) is 0 Å². The van der Waals surface area contributed by atoms with Gasteiger partial charge in [-0.05, 0) is 61.0 Å². The second kappa shape index (κ2) is 9.20. The first kappa shape index (κ1) is 21.0. The first-order chi connectivity index (χ1) is 13.3. The second-order valence-corrected chi connectivity index (χ2v) is 10.8. The molecular formula is C21H28N2O3S2. The zero-order valence-electron chi connectivity index (χ0n) is 16.4. The van der Waals surface area contributed by atoms with Crippen LogP contribution >= 0.6 is 11.3 Å². The normalized spacial score (nSPS) is 17.4. The molecule has 0 aliphatic carbocycles. The maximum Gasteiger partial charge on any atom is 0.251 e. The van der Waals surface area contributed by atoms with Crippen LogP contribution in [0.15, 0.2) is 41.8 Å². The molecule has 0 radical (unpaired) electrons. The van der Waals surface area contributed by atoms with Crippen LogP contribution in [0.5, 0.6) is 0 Å². The monoisotopic (exact) mass is 420 g/mol. The Morgan fingerprint density at radius 3 is 2.64 bits per heavy atom. The van der Waals surface area contributed by atoms with E-state index >= 15 is 0 Å². The van der Waals surface area contributed by atoms with E-state index < -0.39 is 9.84 Å². The van der Waals surface area contributed by atoms with Gasteiger partial charge in [0.1, 0.15) is 0 Å². The van der Waals surface area contributed by atoms with E-state index in [0.29, 0.717) is 17.7 Å². The Balaban J connectivity index is 1.68. The number of nitrogens with one attached hydrogen (secondary N) is 1. The van der Waals surface area contributed by atoms with Crippen LogP contribution in [0, 0.1) is 5.92 Å². The van der Waals surface area contributed by atoms with Gasteiger partial charge in [-0.2, -0.15) is 0 Å². The number of nitrogens with zero attached hydrogens (tertiary/aromatic N) is 1. The van der Waals surface area contributed by atoms with Gasteiger partial charge in [-0.3, -0.25) is 9.69 Å². The highest BCUT2D eigenvalue weighted by Gasteiger charge is 2.26. The van der Waals surface area contributed by atoms with Crippen LogP contribution in [0.1, 0.15) is 46.6 Å². The molecule has 1 atom stereocenters. The molecule has 1 fully saturated rings. The minimum Gasteiger partial charge on any atom is -0.350 e. The van der Waals surface area contributed by atoms with Gasteiger partial charge >= 0.3 is 0 Å². The molecule has 1 amide bonds. The van der Waals surface area contributed by atoms with Gasteiger partial charge in [0, 0.05) is 23.2 Å². The van der Waals surface area contributed by atoms with E-state index in [9.17, 15) is 13.2 Å². The molecule has 5 nitrogen and oxygen atoms in total. The van der Waals surface area contributed by atoms with Gasteiger partial charge in [0.25, 0.3) is 5.91 Å². The van der Waals surface area contributed by atoms with E-state index in [1.54, 1.807) is 35.6 Å². The van der Waals surface area contributed by atoms with Crippen molar-refractivity contribution in [3.63, 3.8) is 0 Å². The molecule has 1 aliphatic heterocycles. The summed E-state index contributed by atoms with van der Waals surface area (Å²) < 4.78 is 23.0. The van der Waals surface area contributed by atoms with Crippen molar-refractivity contribution in [3.05, 3.63) is 57.8 Å². The van der Waals surface area contributed by atoms with Gasteiger partial charge in [-0.1, -0.05) is 25.1 Å². The molecule has 3 rings (SSSR count). The Labute approximate surface area is 171 Å². The minimum atomic E-state index is -3.13. The fourth-order valence-electron chi connectivity index (χ4n) is 3.63. The SMILES string of the molecule is CC1CCN(C(CNC(=O)c2cccc(CS(C)(=O)=O)c2)c2cccs2)CC1. The second-order valence-electron chi connectivity index (χ2n) is 7.73. The highest BCUT2D eigenvalue weighted by Crippen LogP contribution is 2.29. The lowest BCUT2D eigenvalue weighted by atomic mass is 9.97. The molecule has 1 aliphatic rings. The molecule has 1 unspecified atom stereocenters. The van der Waals surface area contributed by atoms with Gasteiger partial charge in [0.05, 0.1) is 11.8 Å². The Bertz CT molecular complexity index is 886. The summed E-state index contributed by atoms with van der Waals surface area (Å²) in [5.41, 5.74) is 1.13. The number of carbonyl (C=O) groups excluding carboxylic acids is 1. The summed E-state index contributed by atoms with van der Waals surface area (Å²) >= 11 is 1.72. The summed E-state index contributed by atoms with van der Waals surface area (Å²) in [4.78, 5) is 16.4. The first-order valence-electron chi connectivity index (χ1n) is 9.64. The van der Waals surface area contributed by atoms with Gasteiger partial charge in [0.15, 0.2) is 9.84 Å². The molecule has 7 heteroatoms. The van der Waals surface area contributed by atoms with Crippen molar-refractivity contribution >= 4 is 27.1 Å². The number of rotatable bonds is 7. The van der Waals surface area contributed by atoms with Crippen molar-refractivity contribution < 1.29 is 13.2 Å². The number of carbonyl (C=O) groups is 1. The maximum atomic E-state index is 12.7. The molecule has 2 aromatic rings. The van der Waals surface area contributed by atoms with E-state index in [-0.39, 0.29) is 17.7 Å².